The number of rotatable bonds is 22. The van der Waals surface area contributed by atoms with Gasteiger partial charge in [-0.2, -0.15) is 0 Å². The number of ketones is 1. The normalized spacial score (nSPS) is 19.1. The van der Waals surface area contributed by atoms with Crippen LogP contribution in [0.25, 0.3) is 10.8 Å². The predicted octanol–water partition coefficient (Wildman–Crippen LogP) is 13.0. The molecule has 22 heteroatoms. The largest absolute Gasteiger partial charge is 0.347 e. The fraction of sp³-hybridized carbons (Fsp3) is 0.495. The fourth-order valence-corrected chi connectivity index (χ4v) is 16.8. The van der Waals surface area contributed by atoms with E-state index in [1.165, 1.54) is 34.4 Å². The number of carbonyl (C=O) groups is 9. The van der Waals surface area contributed by atoms with Gasteiger partial charge >= 0.3 is 0 Å². The van der Waals surface area contributed by atoms with E-state index in [0.29, 0.717) is 60.5 Å². The predicted molar refractivity (Wildman–Crippen MR) is 449 cm³/mol. The Balaban J connectivity index is 0.000000180. The van der Waals surface area contributed by atoms with Crippen molar-refractivity contribution in [2.75, 3.05) is 44.0 Å². The number of likely N-dealkylation sites (N-methyl/N-ethyl adjacent to an activating group) is 3. The zero-order valence-electron chi connectivity index (χ0n) is 69.1. The lowest BCUT2D eigenvalue weighted by atomic mass is 9.83. The zero-order chi connectivity index (χ0) is 81.7. The molecule has 5 aliphatic rings. The van der Waals surface area contributed by atoms with Crippen LogP contribution in [0.15, 0.2) is 133 Å². The molecule has 113 heavy (non-hydrogen) atoms. The molecule has 3 aliphatic heterocycles. The number of anilines is 2. The molecular formula is C91H120N12O9S. The van der Waals surface area contributed by atoms with Gasteiger partial charge in [0.25, 0.3) is 5.91 Å². The molecule has 1 saturated heterocycles. The molecule has 7 N–H and O–H groups in total. The lowest BCUT2D eigenvalue weighted by Crippen LogP contribution is -2.62. The minimum atomic E-state index is -0.890. The molecule has 1 saturated carbocycles. The summed E-state index contributed by atoms with van der Waals surface area (Å²) in [4.78, 5) is 133. The van der Waals surface area contributed by atoms with Crippen LogP contribution in [0, 0.1) is 24.2 Å². The van der Waals surface area contributed by atoms with Crippen LogP contribution in [0.1, 0.15) is 230 Å². The van der Waals surface area contributed by atoms with Crippen molar-refractivity contribution < 1.29 is 43.2 Å². The third-order valence-corrected chi connectivity index (χ3v) is 24.3. The Morgan fingerprint density at radius 1 is 0.584 bits per heavy atom. The summed E-state index contributed by atoms with van der Waals surface area (Å²) < 4.78 is 0. The fourth-order valence-electron chi connectivity index (χ4n) is 15.9. The van der Waals surface area contributed by atoms with E-state index in [1.807, 2.05) is 125 Å². The third kappa shape index (κ3) is 20.5. The Hall–Kier alpha value is -9.48. The van der Waals surface area contributed by atoms with E-state index < -0.39 is 41.7 Å². The van der Waals surface area contributed by atoms with Gasteiger partial charge in [-0.3, -0.25) is 43.2 Å². The number of aromatic nitrogens is 1. The van der Waals surface area contributed by atoms with E-state index in [0.717, 1.165) is 101 Å². The summed E-state index contributed by atoms with van der Waals surface area (Å²) in [5, 5.41) is 25.9. The average molecular weight is 1560 g/mol. The first kappa shape index (κ1) is 85.9. The number of nitrogens with one attached hydrogen (secondary N) is 7. The smallest absolute Gasteiger partial charge is 0.251 e. The molecule has 21 nitrogen and oxygen atoms in total. The van der Waals surface area contributed by atoms with Crippen LogP contribution < -0.4 is 47.0 Å². The molecule has 0 radical (unpaired) electrons. The van der Waals surface area contributed by atoms with Crippen LogP contribution >= 0.6 is 11.3 Å². The Kier molecular flexibility index (Phi) is 29.3. The van der Waals surface area contributed by atoms with Gasteiger partial charge < -0.3 is 56.8 Å². The Labute approximate surface area is 672 Å². The highest BCUT2D eigenvalue weighted by Gasteiger charge is 2.45. The first-order valence-electron chi connectivity index (χ1n) is 40.8. The number of hydrogen-bond donors (Lipinski definition) is 7. The second kappa shape index (κ2) is 38.6. The molecule has 1 aromatic heterocycles. The molecule has 604 valence electrons. The number of hydrogen-bond acceptors (Lipinski definition) is 14. The summed E-state index contributed by atoms with van der Waals surface area (Å²) in [6, 6.07) is 37.8. The molecule has 8 amide bonds. The number of amides is 8. The third-order valence-electron chi connectivity index (χ3n) is 23.3. The van der Waals surface area contributed by atoms with Crippen molar-refractivity contribution in [3.8, 4) is 0 Å². The molecule has 12 rings (SSSR count). The number of para-hydroxylation sites is 2. The van der Waals surface area contributed by atoms with Gasteiger partial charge in [-0.1, -0.05) is 191 Å². The Bertz CT molecular complexity index is 4560. The van der Waals surface area contributed by atoms with E-state index in [4.69, 9.17) is 4.98 Å². The molecule has 0 unspecified atom stereocenters. The van der Waals surface area contributed by atoms with Crippen molar-refractivity contribution in [2.45, 2.75) is 240 Å². The minimum absolute atomic E-state index is 0.0150. The van der Waals surface area contributed by atoms with Crippen molar-refractivity contribution in [2.24, 2.45) is 17.3 Å². The van der Waals surface area contributed by atoms with Gasteiger partial charge in [0, 0.05) is 36.4 Å². The number of nitrogens with zero attached hydrogens (tertiary/aromatic N) is 5. The summed E-state index contributed by atoms with van der Waals surface area (Å²) in [5.74, 6) is -0.923. The molecule has 9 atom stereocenters. The van der Waals surface area contributed by atoms with Gasteiger partial charge in [-0.05, 0) is 190 Å². The van der Waals surface area contributed by atoms with E-state index in [2.05, 4.69) is 120 Å². The van der Waals surface area contributed by atoms with Gasteiger partial charge in [0.15, 0.2) is 0 Å². The summed E-state index contributed by atoms with van der Waals surface area (Å²) in [7, 11) is 5.16. The quantitative estimate of drug-likeness (QED) is 0.0312. The maximum absolute atomic E-state index is 14.3. The van der Waals surface area contributed by atoms with Crippen molar-refractivity contribution >= 4 is 86.5 Å². The van der Waals surface area contributed by atoms with Crippen LogP contribution in [0.2, 0.25) is 0 Å². The van der Waals surface area contributed by atoms with E-state index in [1.54, 1.807) is 56.6 Å². The van der Waals surface area contributed by atoms with Crippen LogP contribution in [-0.4, -0.2) is 144 Å². The summed E-state index contributed by atoms with van der Waals surface area (Å²) >= 11 is 1.45. The maximum atomic E-state index is 14.3. The van der Waals surface area contributed by atoms with Crippen molar-refractivity contribution in [3.63, 3.8) is 0 Å². The molecule has 7 aromatic rings. The summed E-state index contributed by atoms with van der Waals surface area (Å²) in [6.45, 7) is 26.8. The highest BCUT2D eigenvalue weighted by molar-refractivity contribution is 7.10. The van der Waals surface area contributed by atoms with Gasteiger partial charge in [-0.25, -0.2) is 4.98 Å². The number of aryl methyl sites for hydroxylation is 2. The van der Waals surface area contributed by atoms with Crippen LogP contribution in [0.4, 0.5) is 11.4 Å². The van der Waals surface area contributed by atoms with Crippen LogP contribution in [-0.2, 0) is 64.3 Å². The van der Waals surface area contributed by atoms with Gasteiger partial charge in [-0.15, -0.1) is 11.3 Å². The molecule has 4 heterocycles. The Morgan fingerprint density at radius 2 is 1.23 bits per heavy atom. The van der Waals surface area contributed by atoms with Crippen molar-refractivity contribution in [1.82, 2.24) is 52.0 Å². The van der Waals surface area contributed by atoms with Gasteiger partial charge in [0.05, 0.1) is 54.7 Å². The van der Waals surface area contributed by atoms with Crippen molar-refractivity contribution in [1.29, 1.82) is 0 Å². The summed E-state index contributed by atoms with van der Waals surface area (Å²) in [6.07, 6.45) is 10.3. The van der Waals surface area contributed by atoms with Gasteiger partial charge in [0.1, 0.15) is 34.9 Å². The molecule has 6 aromatic carbocycles. The molecule has 0 bridgehead atoms. The first-order chi connectivity index (χ1) is 53.9. The van der Waals surface area contributed by atoms with Gasteiger partial charge in [0.2, 0.25) is 47.1 Å². The monoisotopic (exact) mass is 1560 g/mol. The number of likely N-dealkylation sites (tertiary alicyclic amines) is 1. The average Bonchev–Trinajstić information content (AvgIpc) is 1.30. The highest BCUT2D eigenvalue weighted by Crippen LogP contribution is 2.40. The van der Waals surface area contributed by atoms with E-state index in [9.17, 15) is 43.2 Å². The van der Waals surface area contributed by atoms with Crippen LogP contribution in [0.5, 0.6) is 0 Å². The molecule has 2 aliphatic carbocycles. The first-order valence-corrected chi connectivity index (χ1v) is 41.6. The topological polar surface area (TPSA) is 264 Å². The molecular weight excluding hydrogens is 1440 g/mol. The zero-order valence-corrected chi connectivity index (χ0v) is 69.9. The number of carbonyl (C=O) groups excluding carboxylic acids is 9. The standard InChI is InChI=1S/C33H46N4O3.C29H40N4O3S.C29H34N4O3/c1-20(2)23-15-16-24-18-28(31(39)35-27-14-10-12-22-11-8-9-13-26(22)27)37(19-25(24)17-23)32(40)29(33(4,5)6)36-30(38)21(3)34-7;1-18(2)21-12-8-13-22(16-21)26(34)23-17-37-28(31-23)24-14-9-15-33(24)29(36)25(20-10-6-5-7-11-20)32-27(35)19(3)30-4;1-18(2)28(35)33-17-24(31-27(34)20(4)30-5)29(36)32(25-12-8-9-13-26(25)33)16-23-19(3)14-15-21-10-6-7-11-22(21)23/h8-9,11,13,15-17,20-21,27-29,34H,10,12,14,18-19H2,1-7H3,(H,35,39)(H,36,38);8,12-13,16-20,24-25,30H,5-7,9-11,14-15H2,1-4H3,(H,32,35);6-15,18,20,24,30H,16-17H2,1-5H3,(H,31,34)/t21-,27+,28-,29+;19-,24-,25-;20-,24-/m000/s1. The maximum Gasteiger partial charge on any atom is 0.251 e. The summed E-state index contributed by atoms with van der Waals surface area (Å²) in [5.41, 5.74) is 10.9. The number of thiazole rings is 1. The Morgan fingerprint density at radius 3 is 1.91 bits per heavy atom. The number of fused-ring (bicyclic) bond motifs is 4. The van der Waals surface area contributed by atoms with Crippen molar-refractivity contribution in [3.05, 3.63) is 194 Å². The second-order valence-electron chi connectivity index (χ2n) is 33.3. The van der Waals surface area contributed by atoms with Crippen LogP contribution in [0.3, 0.4) is 0 Å². The highest BCUT2D eigenvalue weighted by atomic mass is 32.1. The lowest BCUT2D eigenvalue weighted by Gasteiger charge is -2.42. The molecule has 2 fully saturated rings. The van der Waals surface area contributed by atoms with E-state index >= 15 is 0 Å². The van der Waals surface area contributed by atoms with E-state index in [-0.39, 0.29) is 89.5 Å². The lowest BCUT2D eigenvalue weighted by molar-refractivity contribution is -0.147. The number of benzene rings is 6. The SMILES string of the molecule is CN[C@@H](C)C(=O)N[C@H](C(=O)N1CCC[C@H]1c1nc(C(=O)c2cccc(C(C)C)c2)cs1)C1CCCCC1.CN[C@@H](C)C(=O)N[C@H](C(=O)N1Cc2cc(C(C)C)ccc2C[C@H]1C(=O)N[C@@H]1CCCc2ccccc21)C(C)(C)C.CN[C@@H](C)C(=O)N[C@H]1CN(C(=O)C(C)C)c2ccccc2N(Cc2c(C)ccc3ccccc23)C1=O. The second-order valence-corrected chi connectivity index (χ2v) is 34.2. The molecule has 0 spiro atoms. The minimum Gasteiger partial charge on any atom is -0.347 e.